The lowest BCUT2D eigenvalue weighted by Gasteiger charge is -2.57. The van der Waals surface area contributed by atoms with Gasteiger partial charge in [-0.05, 0) is 75.5 Å². The van der Waals surface area contributed by atoms with Gasteiger partial charge in [-0.2, -0.15) is 5.10 Å². The van der Waals surface area contributed by atoms with Gasteiger partial charge in [0.25, 0.3) is 0 Å². The maximum Gasteiger partial charge on any atom is 0.243 e. The molecule has 0 aromatic rings. The van der Waals surface area contributed by atoms with Crippen molar-refractivity contribution in [3.8, 4) is 0 Å². The summed E-state index contributed by atoms with van der Waals surface area (Å²) in [7, 11) is 0. The molecular formula is C20H32N2O. The standard InChI is InChI=1S/C20H32N2O/c1-2-18(21-22-19(23)17-6-4-3-5-7-17)20-11-14-8-15(12-20)10-16(9-14)13-20/h14-17H,2-13H2,1H3,(H,22,23)/b21-18-. The van der Waals surface area contributed by atoms with Crippen molar-refractivity contribution in [2.24, 2.45) is 34.2 Å². The Labute approximate surface area is 140 Å². The van der Waals surface area contributed by atoms with Crippen LogP contribution in [0.4, 0.5) is 0 Å². The third kappa shape index (κ3) is 2.96. The fourth-order valence-electron chi connectivity index (χ4n) is 6.62. The van der Waals surface area contributed by atoms with Crippen LogP contribution in [0.5, 0.6) is 0 Å². The summed E-state index contributed by atoms with van der Waals surface area (Å²) < 4.78 is 0. The van der Waals surface area contributed by atoms with Crippen LogP contribution in [0.1, 0.15) is 84.0 Å². The van der Waals surface area contributed by atoms with Crippen LogP contribution in [-0.2, 0) is 4.79 Å². The van der Waals surface area contributed by atoms with Gasteiger partial charge in [-0.3, -0.25) is 4.79 Å². The molecule has 5 saturated carbocycles. The summed E-state index contributed by atoms with van der Waals surface area (Å²) in [6.45, 7) is 2.23. The van der Waals surface area contributed by atoms with Crippen molar-refractivity contribution >= 4 is 11.6 Å². The monoisotopic (exact) mass is 316 g/mol. The van der Waals surface area contributed by atoms with Gasteiger partial charge in [0.15, 0.2) is 0 Å². The number of rotatable bonds is 4. The first kappa shape index (κ1) is 15.7. The summed E-state index contributed by atoms with van der Waals surface area (Å²) >= 11 is 0. The Morgan fingerprint density at radius 2 is 1.57 bits per heavy atom. The Morgan fingerprint density at radius 3 is 2.09 bits per heavy atom. The van der Waals surface area contributed by atoms with Gasteiger partial charge in [0.05, 0.1) is 0 Å². The van der Waals surface area contributed by atoms with Crippen molar-refractivity contribution in [1.29, 1.82) is 0 Å². The van der Waals surface area contributed by atoms with E-state index in [1.165, 1.54) is 63.5 Å². The molecule has 23 heavy (non-hydrogen) atoms. The van der Waals surface area contributed by atoms with Crippen molar-refractivity contribution in [1.82, 2.24) is 5.43 Å². The maximum atomic E-state index is 12.4. The summed E-state index contributed by atoms with van der Waals surface area (Å²) in [6, 6.07) is 0. The van der Waals surface area contributed by atoms with E-state index in [9.17, 15) is 4.79 Å². The first-order chi connectivity index (χ1) is 11.2. The van der Waals surface area contributed by atoms with E-state index < -0.39 is 0 Å². The predicted octanol–water partition coefficient (Wildman–Crippen LogP) is 4.67. The minimum absolute atomic E-state index is 0.181. The fourth-order valence-corrected chi connectivity index (χ4v) is 6.62. The molecule has 0 atom stereocenters. The Hall–Kier alpha value is -0.860. The molecule has 3 nitrogen and oxygen atoms in total. The molecule has 0 radical (unpaired) electrons. The van der Waals surface area contributed by atoms with Crippen LogP contribution in [0.25, 0.3) is 0 Å². The third-order valence-electron chi connectivity index (χ3n) is 7.26. The number of nitrogens with zero attached hydrogens (tertiary/aromatic N) is 1. The SMILES string of the molecule is CC/C(=N/NC(=O)C1CCCCC1)C12CC3CC(CC(C3)C1)C2. The number of nitrogens with one attached hydrogen (secondary N) is 1. The Bertz CT molecular complexity index is 455. The van der Waals surface area contributed by atoms with Gasteiger partial charge < -0.3 is 0 Å². The minimum atomic E-state index is 0.181. The van der Waals surface area contributed by atoms with Crippen molar-refractivity contribution in [3.63, 3.8) is 0 Å². The number of hydrogen-bond acceptors (Lipinski definition) is 2. The molecule has 0 aliphatic heterocycles. The zero-order valence-corrected chi connectivity index (χ0v) is 14.7. The molecule has 0 spiro atoms. The van der Waals surface area contributed by atoms with Gasteiger partial charge in [-0.1, -0.05) is 26.2 Å². The average molecular weight is 316 g/mol. The number of carbonyl (C=O) groups excluding carboxylic acids is 1. The number of hydrazone groups is 1. The number of carbonyl (C=O) groups is 1. The lowest BCUT2D eigenvalue weighted by Crippen LogP contribution is -2.50. The minimum Gasteiger partial charge on any atom is -0.273 e. The van der Waals surface area contributed by atoms with Crippen LogP contribution in [0.3, 0.4) is 0 Å². The van der Waals surface area contributed by atoms with E-state index in [1.54, 1.807) is 0 Å². The molecule has 0 aromatic heterocycles. The smallest absolute Gasteiger partial charge is 0.243 e. The van der Waals surface area contributed by atoms with Crippen molar-refractivity contribution in [3.05, 3.63) is 0 Å². The van der Waals surface area contributed by atoms with Crippen molar-refractivity contribution < 1.29 is 4.79 Å². The van der Waals surface area contributed by atoms with E-state index in [0.717, 1.165) is 37.0 Å². The molecule has 1 N–H and O–H groups in total. The second kappa shape index (κ2) is 6.22. The highest BCUT2D eigenvalue weighted by molar-refractivity contribution is 5.91. The summed E-state index contributed by atoms with van der Waals surface area (Å²) in [5, 5.41) is 4.72. The predicted molar refractivity (Wildman–Crippen MR) is 93.0 cm³/mol. The summed E-state index contributed by atoms with van der Waals surface area (Å²) in [5.41, 5.74) is 4.62. The van der Waals surface area contributed by atoms with E-state index >= 15 is 0 Å². The molecule has 0 aromatic carbocycles. The Morgan fingerprint density at radius 1 is 1.00 bits per heavy atom. The van der Waals surface area contributed by atoms with Crippen LogP contribution < -0.4 is 5.43 Å². The lowest BCUT2D eigenvalue weighted by molar-refractivity contribution is -0.125. The molecule has 5 rings (SSSR count). The van der Waals surface area contributed by atoms with E-state index in [4.69, 9.17) is 5.10 Å². The topological polar surface area (TPSA) is 41.5 Å². The Balaban J connectivity index is 1.46. The van der Waals surface area contributed by atoms with Gasteiger partial charge in [0.1, 0.15) is 0 Å². The van der Waals surface area contributed by atoms with Gasteiger partial charge in [0.2, 0.25) is 5.91 Å². The van der Waals surface area contributed by atoms with Crippen LogP contribution in [0, 0.1) is 29.1 Å². The molecule has 3 heteroatoms. The number of hydrogen-bond donors (Lipinski definition) is 1. The maximum absolute atomic E-state index is 12.4. The summed E-state index contributed by atoms with van der Waals surface area (Å²) in [5.74, 6) is 3.20. The molecule has 1 amide bonds. The molecular weight excluding hydrogens is 284 g/mol. The molecule has 0 heterocycles. The highest BCUT2D eigenvalue weighted by atomic mass is 16.2. The molecule has 4 bridgehead atoms. The highest BCUT2D eigenvalue weighted by Gasteiger charge is 2.52. The fraction of sp³-hybridized carbons (Fsp3) is 0.900. The van der Waals surface area contributed by atoms with Crippen molar-refractivity contribution in [2.45, 2.75) is 84.0 Å². The zero-order chi connectivity index (χ0) is 15.9. The molecule has 0 saturated heterocycles. The summed E-state index contributed by atoms with van der Waals surface area (Å²) in [4.78, 5) is 12.4. The second-order valence-corrected chi connectivity index (χ2v) is 8.92. The first-order valence-electron chi connectivity index (χ1n) is 10.1. The lowest BCUT2D eigenvalue weighted by atomic mass is 9.48. The quantitative estimate of drug-likeness (QED) is 0.594. The number of amides is 1. The second-order valence-electron chi connectivity index (χ2n) is 8.92. The molecule has 128 valence electrons. The van der Waals surface area contributed by atoms with Crippen LogP contribution in [0.2, 0.25) is 0 Å². The third-order valence-corrected chi connectivity index (χ3v) is 7.26. The van der Waals surface area contributed by atoms with Crippen LogP contribution in [-0.4, -0.2) is 11.6 Å². The van der Waals surface area contributed by atoms with Gasteiger partial charge in [-0.15, -0.1) is 0 Å². The van der Waals surface area contributed by atoms with Crippen LogP contribution in [0.15, 0.2) is 5.10 Å². The highest BCUT2D eigenvalue weighted by Crippen LogP contribution is 2.60. The van der Waals surface area contributed by atoms with Crippen LogP contribution >= 0.6 is 0 Å². The average Bonchev–Trinajstić information content (AvgIpc) is 2.54. The van der Waals surface area contributed by atoms with E-state index in [1.807, 2.05) is 0 Å². The molecule has 0 unspecified atom stereocenters. The Kier molecular flexibility index (Phi) is 4.23. The van der Waals surface area contributed by atoms with Gasteiger partial charge in [0, 0.05) is 17.0 Å². The van der Waals surface area contributed by atoms with E-state index in [2.05, 4.69) is 12.3 Å². The molecule has 5 fully saturated rings. The summed E-state index contributed by atoms with van der Waals surface area (Å²) in [6.07, 6.45) is 15.2. The van der Waals surface area contributed by atoms with Crippen molar-refractivity contribution in [2.75, 3.05) is 0 Å². The normalized spacial score (nSPS) is 40.4. The van der Waals surface area contributed by atoms with Gasteiger partial charge in [-0.25, -0.2) is 5.43 Å². The van der Waals surface area contributed by atoms with E-state index in [0.29, 0.717) is 5.41 Å². The molecule has 5 aliphatic carbocycles. The first-order valence-corrected chi connectivity index (χ1v) is 10.1. The van der Waals surface area contributed by atoms with E-state index in [-0.39, 0.29) is 11.8 Å². The largest absolute Gasteiger partial charge is 0.273 e. The molecule has 5 aliphatic rings. The van der Waals surface area contributed by atoms with Gasteiger partial charge >= 0.3 is 0 Å². The zero-order valence-electron chi connectivity index (χ0n) is 14.7.